The first-order valence-corrected chi connectivity index (χ1v) is 6.85. The Bertz CT molecular complexity index is 737. The molecule has 0 unspecified atom stereocenters. The molecule has 110 valence electrons. The summed E-state index contributed by atoms with van der Waals surface area (Å²) in [6, 6.07) is 1.09. The average molecular weight is 288 g/mol. The van der Waals surface area contributed by atoms with E-state index in [0.29, 0.717) is 36.3 Å². The molecule has 2 aromatic heterocycles. The van der Waals surface area contributed by atoms with E-state index in [2.05, 4.69) is 10.1 Å². The highest BCUT2D eigenvalue weighted by molar-refractivity contribution is 5.97. The van der Waals surface area contributed by atoms with Crippen LogP contribution >= 0.6 is 0 Å². The molecule has 0 bridgehead atoms. The fourth-order valence-electron chi connectivity index (χ4n) is 2.79. The smallest absolute Gasteiger partial charge is 0.326 e. The summed E-state index contributed by atoms with van der Waals surface area (Å²) in [5.41, 5.74) is 2.57. The van der Waals surface area contributed by atoms with E-state index in [-0.39, 0.29) is 5.91 Å². The van der Waals surface area contributed by atoms with E-state index >= 15 is 0 Å². The fourth-order valence-corrected chi connectivity index (χ4v) is 2.79. The number of hydrogen-bond acceptors (Lipinski definition) is 4. The van der Waals surface area contributed by atoms with Gasteiger partial charge in [0, 0.05) is 18.8 Å². The van der Waals surface area contributed by atoms with E-state index in [0.717, 1.165) is 5.69 Å². The number of aliphatic carboxylic acids is 1. The Balaban J connectivity index is 2.01. The summed E-state index contributed by atoms with van der Waals surface area (Å²) in [5.74, 6) is -1.25. The average Bonchev–Trinajstić information content (AvgIpc) is 3.04. The number of nitrogens with zero attached hydrogens (tertiary/aromatic N) is 4. The standard InChI is InChI=1S/C14H16N4O3/c1-8-6-12-15-7-10(9(2)18(12)16-8)13(19)17-5-3-4-11(17)14(20)21/h6-7,11H,3-5H2,1-2H3,(H,20,21)/t11-/m0/s1. The van der Waals surface area contributed by atoms with Gasteiger partial charge in [0.1, 0.15) is 6.04 Å². The zero-order chi connectivity index (χ0) is 15.1. The van der Waals surface area contributed by atoms with Gasteiger partial charge in [-0.25, -0.2) is 14.3 Å². The molecule has 3 rings (SSSR count). The minimum atomic E-state index is -0.956. The molecule has 1 atom stereocenters. The maximum Gasteiger partial charge on any atom is 0.326 e. The zero-order valence-corrected chi connectivity index (χ0v) is 11.9. The van der Waals surface area contributed by atoms with E-state index in [1.807, 2.05) is 13.0 Å². The highest BCUT2D eigenvalue weighted by Crippen LogP contribution is 2.22. The third-order valence-electron chi connectivity index (χ3n) is 3.88. The number of amides is 1. The van der Waals surface area contributed by atoms with Crippen LogP contribution in [0.25, 0.3) is 5.65 Å². The minimum absolute atomic E-state index is 0.292. The lowest BCUT2D eigenvalue weighted by atomic mass is 10.2. The van der Waals surface area contributed by atoms with Crippen molar-refractivity contribution in [1.29, 1.82) is 0 Å². The van der Waals surface area contributed by atoms with Crippen LogP contribution in [0.4, 0.5) is 0 Å². The lowest BCUT2D eigenvalue weighted by Gasteiger charge is -2.22. The van der Waals surface area contributed by atoms with E-state index in [4.69, 9.17) is 0 Å². The molecule has 1 aliphatic rings. The van der Waals surface area contributed by atoms with Crippen molar-refractivity contribution in [2.45, 2.75) is 32.7 Å². The van der Waals surface area contributed by atoms with Crippen LogP contribution in [0.3, 0.4) is 0 Å². The number of fused-ring (bicyclic) bond motifs is 1. The third kappa shape index (κ3) is 2.14. The second-order valence-electron chi connectivity index (χ2n) is 5.31. The number of hydrogen-bond donors (Lipinski definition) is 1. The molecule has 0 saturated carbocycles. The highest BCUT2D eigenvalue weighted by atomic mass is 16.4. The first kappa shape index (κ1) is 13.5. The van der Waals surface area contributed by atoms with Crippen molar-refractivity contribution < 1.29 is 14.7 Å². The van der Waals surface area contributed by atoms with Gasteiger partial charge in [-0.05, 0) is 26.7 Å². The normalized spacial score (nSPS) is 18.4. The van der Waals surface area contributed by atoms with Gasteiger partial charge in [0.2, 0.25) is 0 Å². The molecule has 0 spiro atoms. The number of carboxylic acids is 1. The summed E-state index contributed by atoms with van der Waals surface area (Å²) in [4.78, 5) is 29.5. The van der Waals surface area contributed by atoms with Gasteiger partial charge in [-0.15, -0.1) is 0 Å². The fraction of sp³-hybridized carbons (Fsp3) is 0.429. The molecule has 0 aromatic carbocycles. The molecular formula is C14H16N4O3. The molecule has 0 aliphatic carbocycles. The number of likely N-dealkylation sites (tertiary alicyclic amines) is 1. The summed E-state index contributed by atoms with van der Waals surface area (Å²) in [7, 11) is 0. The van der Waals surface area contributed by atoms with Crippen LogP contribution in [0.5, 0.6) is 0 Å². The first-order chi connectivity index (χ1) is 9.99. The SMILES string of the molecule is Cc1cc2ncc(C(=O)N3CCC[C@H]3C(=O)O)c(C)n2n1. The molecular weight excluding hydrogens is 272 g/mol. The number of carbonyl (C=O) groups excluding carboxylic acids is 1. The topological polar surface area (TPSA) is 87.8 Å². The Labute approximate surface area is 121 Å². The number of carbonyl (C=O) groups is 2. The Morgan fingerprint density at radius 1 is 1.38 bits per heavy atom. The maximum absolute atomic E-state index is 12.6. The second kappa shape index (κ2) is 4.83. The third-order valence-corrected chi connectivity index (χ3v) is 3.88. The molecule has 2 aromatic rings. The van der Waals surface area contributed by atoms with Gasteiger partial charge >= 0.3 is 5.97 Å². The molecule has 1 N–H and O–H groups in total. The molecule has 3 heterocycles. The van der Waals surface area contributed by atoms with Gasteiger partial charge in [-0.3, -0.25) is 4.79 Å². The number of carboxylic acid groups (broad SMARTS) is 1. The van der Waals surface area contributed by atoms with E-state index in [1.165, 1.54) is 11.1 Å². The van der Waals surface area contributed by atoms with Crippen molar-refractivity contribution in [3.63, 3.8) is 0 Å². The second-order valence-corrected chi connectivity index (χ2v) is 5.31. The summed E-state index contributed by atoms with van der Waals surface area (Å²) in [6.07, 6.45) is 2.71. The van der Waals surface area contributed by atoms with Gasteiger partial charge < -0.3 is 10.0 Å². The Morgan fingerprint density at radius 3 is 2.86 bits per heavy atom. The number of rotatable bonds is 2. The van der Waals surface area contributed by atoms with E-state index < -0.39 is 12.0 Å². The van der Waals surface area contributed by atoms with Crippen LogP contribution in [0.15, 0.2) is 12.3 Å². The van der Waals surface area contributed by atoms with Crippen molar-refractivity contribution in [2.75, 3.05) is 6.54 Å². The molecule has 1 amide bonds. The number of aryl methyl sites for hydroxylation is 2. The van der Waals surface area contributed by atoms with Gasteiger partial charge in [-0.2, -0.15) is 5.10 Å². The highest BCUT2D eigenvalue weighted by Gasteiger charge is 2.35. The summed E-state index contributed by atoms with van der Waals surface area (Å²) >= 11 is 0. The van der Waals surface area contributed by atoms with E-state index in [1.54, 1.807) is 11.4 Å². The van der Waals surface area contributed by atoms with Gasteiger partial charge in [0.25, 0.3) is 5.91 Å². The first-order valence-electron chi connectivity index (χ1n) is 6.85. The van der Waals surface area contributed by atoms with Crippen LogP contribution in [-0.4, -0.2) is 49.1 Å². The number of aromatic nitrogens is 3. The molecule has 1 saturated heterocycles. The molecule has 0 radical (unpaired) electrons. The van der Waals surface area contributed by atoms with Crippen LogP contribution in [-0.2, 0) is 4.79 Å². The van der Waals surface area contributed by atoms with Gasteiger partial charge in [-0.1, -0.05) is 0 Å². The van der Waals surface area contributed by atoms with Crippen molar-refractivity contribution in [3.05, 3.63) is 29.2 Å². The largest absolute Gasteiger partial charge is 0.480 e. The maximum atomic E-state index is 12.6. The molecule has 7 heteroatoms. The van der Waals surface area contributed by atoms with Gasteiger partial charge in [0.15, 0.2) is 5.65 Å². The van der Waals surface area contributed by atoms with Crippen LogP contribution in [0.1, 0.15) is 34.6 Å². The Morgan fingerprint density at radius 2 is 2.14 bits per heavy atom. The predicted octanol–water partition coefficient (Wildman–Crippen LogP) is 1.04. The monoisotopic (exact) mass is 288 g/mol. The van der Waals surface area contributed by atoms with Crippen molar-refractivity contribution in [3.8, 4) is 0 Å². The van der Waals surface area contributed by atoms with Crippen molar-refractivity contribution in [1.82, 2.24) is 19.5 Å². The van der Waals surface area contributed by atoms with Crippen LogP contribution in [0.2, 0.25) is 0 Å². The van der Waals surface area contributed by atoms with E-state index in [9.17, 15) is 14.7 Å². The lowest BCUT2D eigenvalue weighted by Crippen LogP contribution is -2.40. The molecule has 7 nitrogen and oxygen atoms in total. The van der Waals surface area contributed by atoms with Crippen molar-refractivity contribution >= 4 is 17.5 Å². The van der Waals surface area contributed by atoms with Crippen molar-refractivity contribution in [2.24, 2.45) is 0 Å². The van der Waals surface area contributed by atoms with Crippen LogP contribution < -0.4 is 0 Å². The predicted molar refractivity (Wildman–Crippen MR) is 74.2 cm³/mol. The van der Waals surface area contributed by atoms with Crippen LogP contribution in [0, 0.1) is 13.8 Å². The zero-order valence-electron chi connectivity index (χ0n) is 11.9. The molecule has 21 heavy (non-hydrogen) atoms. The Kier molecular flexibility index (Phi) is 3.12. The lowest BCUT2D eigenvalue weighted by molar-refractivity contribution is -0.141. The molecule has 1 aliphatic heterocycles. The van der Waals surface area contributed by atoms with Gasteiger partial charge in [0.05, 0.1) is 17.0 Å². The minimum Gasteiger partial charge on any atom is -0.480 e. The summed E-state index contributed by atoms with van der Waals surface area (Å²) in [5, 5.41) is 13.5. The Hall–Kier alpha value is -2.44. The quantitative estimate of drug-likeness (QED) is 0.892. The molecule has 1 fully saturated rings. The summed E-state index contributed by atoms with van der Waals surface area (Å²) < 4.78 is 1.62. The summed E-state index contributed by atoms with van der Waals surface area (Å²) in [6.45, 7) is 4.11.